The lowest BCUT2D eigenvalue weighted by molar-refractivity contribution is -0.132. The Hall–Kier alpha value is -2.53. The zero-order valence-electron chi connectivity index (χ0n) is 16.3. The van der Waals surface area contributed by atoms with Crippen molar-refractivity contribution in [3.8, 4) is 11.5 Å². The number of hydrogen-bond acceptors (Lipinski definition) is 4. The zero-order chi connectivity index (χ0) is 20.3. The molecule has 1 saturated carbocycles. The van der Waals surface area contributed by atoms with E-state index < -0.39 is 5.54 Å². The number of hydrogen-bond donors (Lipinski definition) is 0. The standard InChI is InChI=1S/C22H24ClNO4/c1-24(21(26)15-9-8-12-18(27-2)20(15)28-3)22(14-7-6-13-19(22)25)16-10-4-5-11-17(16)23/h4-5,8-12H,6-7,13-14H2,1-3H3. The number of nitrogens with zero attached hydrogens (tertiary/aromatic N) is 1. The fourth-order valence-electron chi connectivity index (χ4n) is 4.04. The second kappa shape index (κ2) is 8.23. The van der Waals surface area contributed by atoms with E-state index in [1.54, 1.807) is 31.3 Å². The minimum absolute atomic E-state index is 0.00422. The Balaban J connectivity index is 2.14. The van der Waals surface area contributed by atoms with E-state index in [4.69, 9.17) is 21.1 Å². The molecule has 0 aliphatic heterocycles. The van der Waals surface area contributed by atoms with Crippen molar-refractivity contribution in [3.63, 3.8) is 0 Å². The van der Waals surface area contributed by atoms with Crippen LogP contribution in [0.4, 0.5) is 0 Å². The molecular formula is C22H24ClNO4. The van der Waals surface area contributed by atoms with Crippen LogP contribution in [0.25, 0.3) is 0 Å². The van der Waals surface area contributed by atoms with Gasteiger partial charge in [0.05, 0.1) is 19.8 Å². The summed E-state index contributed by atoms with van der Waals surface area (Å²) in [5.41, 5.74) is -0.0878. The van der Waals surface area contributed by atoms with Crippen LogP contribution in [0.1, 0.15) is 41.6 Å². The molecule has 0 heterocycles. The third-order valence-electron chi connectivity index (χ3n) is 5.48. The number of likely N-dealkylation sites (N-methyl/N-ethyl adjacent to an activating group) is 1. The predicted molar refractivity (Wildman–Crippen MR) is 108 cm³/mol. The van der Waals surface area contributed by atoms with E-state index in [1.807, 2.05) is 18.2 Å². The number of methoxy groups -OCH3 is 2. The number of benzene rings is 2. The highest BCUT2D eigenvalue weighted by atomic mass is 35.5. The summed E-state index contributed by atoms with van der Waals surface area (Å²) in [6.45, 7) is 0. The molecule has 0 saturated heterocycles. The van der Waals surface area contributed by atoms with Gasteiger partial charge in [0, 0.05) is 24.1 Å². The van der Waals surface area contributed by atoms with Gasteiger partial charge in [-0.15, -0.1) is 0 Å². The molecule has 5 nitrogen and oxygen atoms in total. The Morgan fingerprint density at radius 3 is 2.46 bits per heavy atom. The molecule has 1 atom stereocenters. The van der Waals surface area contributed by atoms with E-state index >= 15 is 0 Å². The van der Waals surface area contributed by atoms with Crippen molar-refractivity contribution in [2.45, 2.75) is 31.2 Å². The molecule has 3 rings (SSSR count). The van der Waals surface area contributed by atoms with E-state index in [1.165, 1.54) is 19.1 Å². The van der Waals surface area contributed by atoms with Gasteiger partial charge < -0.3 is 14.4 Å². The third-order valence-corrected chi connectivity index (χ3v) is 5.81. The molecule has 28 heavy (non-hydrogen) atoms. The third kappa shape index (κ3) is 3.24. The van der Waals surface area contributed by atoms with Crippen LogP contribution in [-0.4, -0.2) is 37.9 Å². The van der Waals surface area contributed by atoms with Crippen LogP contribution in [0, 0.1) is 0 Å². The fraction of sp³-hybridized carbons (Fsp3) is 0.364. The molecule has 1 unspecified atom stereocenters. The zero-order valence-corrected chi connectivity index (χ0v) is 17.1. The van der Waals surface area contributed by atoms with Gasteiger partial charge in [-0.1, -0.05) is 35.9 Å². The van der Waals surface area contributed by atoms with Gasteiger partial charge in [-0.2, -0.15) is 0 Å². The van der Waals surface area contributed by atoms with Crippen LogP contribution in [0.3, 0.4) is 0 Å². The lowest BCUT2D eigenvalue weighted by Crippen LogP contribution is -2.54. The molecule has 2 aromatic carbocycles. The monoisotopic (exact) mass is 401 g/mol. The first-order chi connectivity index (χ1) is 13.5. The normalized spacial score (nSPS) is 19.2. The van der Waals surface area contributed by atoms with Crippen molar-refractivity contribution in [2.75, 3.05) is 21.3 Å². The summed E-state index contributed by atoms with van der Waals surface area (Å²) in [4.78, 5) is 28.3. The average Bonchev–Trinajstić information content (AvgIpc) is 2.73. The maximum absolute atomic E-state index is 13.5. The van der Waals surface area contributed by atoms with Crippen LogP contribution < -0.4 is 9.47 Å². The predicted octanol–water partition coefficient (Wildman–Crippen LogP) is 4.47. The van der Waals surface area contributed by atoms with E-state index in [-0.39, 0.29) is 11.7 Å². The molecule has 1 aliphatic rings. The molecule has 1 amide bonds. The molecule has 0 N–H and O–H groups in total. The van der Waals surface area contributed by atoms with Crippen LogP contribution >= 0.6 is 11.6 Å². The topological polar surface area (TPSA) is 55.8 Å². The molecule has 2 aromatic rings. The Bertz CT molecular complexity index is 898. The van der Waals surface area contributed by atoms with Crippen molar-refractivity contribution < 1.29 is 19.1 Å². The fourth-order valence-corrected chi connectivity index (χ4v) is 4.33. The molecular weight excluding hydrogens is 378 g/mol. The maximum Gasteiger partial charge on any atom is 0.258 e. The van der Waals surface area contributed by atoms with Crippen LogP contribution in [0.15, 0.2) is 42.5 Å². The van der Waals surface area contributed by atoms with Gasteiger partial charge in [0.15, 0.2) is 17.3 Å². The SMILES string of the molecule is COc1cccc(C(=O)N(C)C2(c3ccccc3Cl)CCCCC2=O)c1OC. The first kappa shape index (κ1) is 20.2. The van der Waals surface area contributed by atoms with Gasteiger partial charge in [0.2, 0.25) is 0 Å². The van der Waals surface area contributed by atoms with Gasteiger partial charge >= 0.3 is 0 Å². The lowest BCUT2D eigenvalue weighted by atomic mass is 9.74. The Kier molecular flexibility index (Phi) is 5.94. The minimum Gasteiger partial charge on any atom is -0.493 e. The number of Topliss-reactive ketones (excluding diaryl/α,β-unsaturated/α-hetero) is 1. The highest BCUT2D eigenvalue weighted by Crippen LogP contribution is 2.43. The Morgan fingerprint density at radius 2 is 1.82 bits per heavy atom. The Labute approximate surface area is 170 Å². The van der Waals surface area contributed by atoms with E-state index in [0.717, 1.165) is 12.8 Å². The maximum atomic E-state index is 13.5. The number of carbonyl (C=O) groups excluding carboxylic acids is 2. The molecule has 0 spiro atoms. The van der Waals surface area contributed by atoms with E-state index in [2.05, 4.69) is 0 Å². The van der Waals surface area contributed by atoms with Crippen molar-refractivity contribution in [1.82, 2.24) is 4.90 Å². The first-order valence-corrected chi connectivity index (χ1v) is 9.62. The number of para-hydroxylation sites is 1. The van der Waals surface area contributed by atoms with Crippen LogP contribution in [0.2, 0.25) is 5.02 Å². The number of halogens is 1. The average molecular weight is 402 g/mol. The number of rotatable bonds is 5. The first-order valence-electron chi connectivity index (χ1n) is 9.24. The second-order valence-corrected chi connectivity index (χ2v) is 7.28. The number of ether oxygens (including phenoxy) is 2. The second-order valence-electron chi connectivity index (χ2n) is 6.88. The summed E-state index contributed by atoms with van der Waals surface area (Å²) in [6, 6.07) is 12.4. The van der Waals surface area contributed by atoms with E-state index in [0.29, 0.717) is 40.5 Å². The molecule has 0 bridgehead atoms. The quantitative estimate of drug-likeness (QED) is 0.741. The summed E-state index contributed by atoms with van der Waals surface area (Å²) in [5, 5.41) is 0.481. The summed E-state index contributed by atoms with van der Waals surface area (Å²) in [6.07, 6.45) is 2.60. The van der Waals surface area contributed by atoms with Gasteiger partial charge in [0.1, 0.15) is 5.54 Å². The highest BCUT2D eigenvalue weighted by Gasteiger charge is 2.48. The molecule has 0 radical (unpaired) electrons. The van der Waals surface area contributed by atoms with Gasteiger partial charge in [-0.05, 0) is 37.5 Å². The lowest BCUT2D eigenvalue weighted by Gasteiger charge is -2.44. The van der Waals surface area contributed by atoms with Crippen molar-refractivity contribution in [3.05, 3.63) is 58.6 Å². The van der Waals surface area contributed by atoms with Gasteiger partial charge in [-0.25, -0.2) is 0 Å². The van der Waals surface area contributed by atoms with Crippen molar-refractivity contribution >= 4 is 23.3 Å². The summed E-state index contributed by atoms with van der Waals surface area (Å²) >= 11 is 6.48. The summed E-state index contributed by atoms with van der Waals surface area (Å²) in [5.74, 6) is 0.499. The van der Waals surface area contributed by atoms with Crippen molar-refractivity contribution in [1.29, 1.82) is 0 Å². The summed E-state index contributed by atoms with van der Waals surface area (Å²) < 4.78 is 10.8. The number of carbonyl (C=O) groups is 2. The molecule has 0 aromatic heterocycles. The Morgan fingerprint density at radius 1 is 1.07 bits per heavy atom. The van der Waals surface area contributed by atoms with Crippen LogP contribution in [0.5, 0.6) is 11.5 Å². The molecule has 6 heteroatoms. The van der Waals surface area contributed by atoms with Crippen LogP contribution in [-0.2, 0) is 10.3 Å². The summed E-state index contributed by atoms with van der Waals surface area (Å²) in [7, 11) is 4.67. The number of ketones is 1. The van der Waals surface area contributed by atoms with Gasteiger partial charge in [-0.3, -0.25) is 9.59 Å². The largest absolute Gasteiger partial charge is 0.493 e. The van der Waals surface area contributed by atoms with Gasteiger partial charge in [0.25, 0.3) is 5.91 Å². The highest BCUT2D eigenvalue weighted by molar-refractivity contribution is 6.31. The minimum atomic E-state index is -1.10. The smallest absolute Gasteiger partial charge is 0.258 e. The molecule has 148 valence electrons. The van der Waals surface area contributed by atoms with E-state index in [9.17, 15) is 9.59 Å². The molecule has 1 aliphatic carbocycles. The molecule has 1 fully saturated rings. The van der Waals surface area contributed by atoms with Crippen molar-refractivity contribution in [2.24, 2.45) is 0 Å². The number of amides is 1.